The van der Waals surface area contributed by atoms with Gasteiger partial charge in [0.1, 0.15) is 6.10 Å². The third kappa shape index (κ3) is 3.47. The fraction of sp³-hybridized carbons (Fsp3) is 0.909. The minimum Gasteiger partial charge on any atom is -0.385 e. The number of Topliss-reactive ketones (excluding diaryl/α,β-unsaturated/α-hetero) is 1. The predicted molar refractivity (Wildman–Crippen MR) is 52.4 cm³/mol. The normalized spacial score (nSPS) is 30.6. The largest absolute Gasteiger partial charge is 0.385 e. The average molecular weight is 184 g/mol. The monoisotopic (exact) mass is 184 g/mol. The first-order chi connectivity index (χ1) is 5.88. The third-order valence-corrected chi connectivity index (χ3v) is 2.61. The summed E-state index contributed by atoms with van der Waals surface area (Å²) in [7, 11) is 0. The van der Waals surface area contributed by atoms with Crippen LogP contribution in [0.25, 0.3) is 0 Å². The molecule has 0 aromatic rings. The van der Waals surface area contributed by atoms with Gasteiger partial charge in [-0.25, -0.2) is 0 Å². The van der Waals surface area contributed by atoms with Crippen molar-refractivity contribution < 1.29 is 9.90 Å². The van der Waals surface area contributed by atoms with Gasteiger partial charge in [-0.15, -0.1) is 0 Å². The standard InChI is InChI=1S/C11H20O2/c1-11(2,3)7-8-4-5-9(12)10(13)6-8/h8-9,12H,4-7H2,1-3H3. The van der Waals surface area contributed by atoms with E-state index in [9.17, 15) is 9.90 Å². The van der Waals surface area contributed by atoms with Crippen LogP contribution in [0.1, 0.15) is 46.5 Å². The summed E-state index contributed by atoms with van der Waals surface area (Å²) in [6, 6.07) is 0. The van der Waals surface area contributed by atoms with Gasteiger partial charge in [-0.3, -0.25) is 4.79 Å². The van der Waals surface area contributed by atoms with E-state index in [2.05, 4.69) is 20.8 Å². The van der Waals surface area contributed by atoms with E-state index >= 15 is 0 Å². The van der Waals surface area contributed by atoms with E-state index in [-0.39, 0.29) is 5.78 Å². The summed E-state index contributed by atoms with van der Waals surface area (Å²) in [4.78, 5) is 11.2. The van der Waals surface area contributed by atoms with Crippen molar-refractivity contribution in [2.45, 2.75) is 52.6 Å². The Hall–Kier alpha value is -0.370. The number of carbonyl (C=O) groups is 1. The minimum atomic E-state index is -0.670. The zero-order valence-corrected chi connectivity index (χ0v) is 8.84. The summed E-state index contributed by atoms with van der Waals surface area (Å²) in [5.74, 6) is 0.538. The summed E-state index contributed by atoms with van der Waals surface area (Å²) in [5.41, 5.74) is 0.299. The Bertz CT molecular complexity index is 191. The van der Waals surface area contributed by atoms with Gasteiger partial charge in [0, 0.05) is 6.42 Å². The lowest BCUT2D eigenvalue weighted by Gasteiger charge is -2.29. The van der Waals surface area contributed by atoms with Gasteiger partial charge in [0.25, 0.3) is 0 Å². The molecule has 0 bridgehead atoms. The number of hydrogen-bond donors (Lipinski definition) is 1. The summed E-state index contributed by atoms with van der Waals surface area (Å²) in [5, 5.41) is 9.24. The molecule has 0 aliphatic heterocycles. The molecule has 1 aliphatic carbocycles. The molecule has 13 heavy (non-hydrogen) atoms. The first kappa shape index (κ1) is 10.7. The van der Waals surface area contributed by atoms with Gasteiger partial charge in [0.05, 0.1) is 0 Å². The highest BCUT2D eigenvalue weighted by atomic mass is 16.3. The van der Waals surface area contributed by atoms with Crippen molar-refractivity contribution in [2.75, 3.05) is 0 Å². The van der Waals surface area contributed by atoms with Gasteiger partial charge in [-0.2, -0.15) is 0 Å². The molecule has 0 spiro atoms. The van der Waals surface area contributed by atoms with Gasteiger partial charge in [0.15, 0.2) is 5.78 Å². The highest BCUT2D eigenvalue weighted by Crippen LogP contribution is 2.32. The number of ketones is 1. The smallest absolute Gasteiger partial charge is 0.161 e. The van der Waals surface area contributed by atoms with Gasteiger partial charge in [0.2, 0.25) is 0 Å². The Kier molecular flexibility index (Phi) is 3.12. The Morgan fingerprint density at radius 2 is 2.00 bits per heavy atom. The van der Waals surface area contributed by atoms with Crippen molar-refractivity contribution in [3.8, 4) is 0 Å². The fourth-order valence-electron chi connectivity index (χ4n) is 2.12. The lowest BCUT2D eigenvalue weighted by molar-refractivity contribution is -0.131. The van der Waals surface area contributed by atoms with E-state index in [4.69, 9.17) is 0 Å². The molecule has 0 aromatic heterocycles. The Morgan fingerprint density at radius 3 is 2.46 bits per heavy atom. The van der Waals surface area contributed by atoms with Crippen LogP contribution in [-0.2, 0) is 4.79 Å². The Labute approximate surface area is 80.3 Å². The minimum absolute atomic E-state index is 0.0421. The predicted octanol–water partition coefficient (Wildman–Crippen LogP) is 2.15. The Morgan fingerprint density at radius 1 is 1.38 bits per heavy atom. The maximum Gasteiger partial charge on any atom is 0.161 e. The van der Waals surface area contributed by atoms with E-state index in [0.29, 0.717) is 24.2 Å². The number of rotatable bonds is 1. The second kappa shape index (κ2) is 3.79. The van der Waals surface area contributed by atoms with Crippen LogP contribution in [0.2, 0.25) is 0 Å². The molecule has 0 radical (unpaired) electrons. The zero-order chi connectivity index (χ0) is 10.1. The highest BCUT2D eigenvalue weighted by molar-refractivity contribution is 5.83. The maximum absolute atomic E-state index is 11.2. The first-order valence-electron chi connectivity index (χ1n) is 5.09. The van der Waals surface area contributed by atoms with Crippen LogP contribution >= 0.6 is 0 Å². The SMILES string of the molecule is CC(C)(C)CC1CCC(O)C(=O)C1. The van der Waals surface area contributed by atoms with E-state index in [1.54, 1.807) is 0 Å². The maximum atomic E-state index is 11.2. The first-order valence-corrected chi connectivity index (χ1v) is 5.09. The molecule has 0 amide bonds. The van der Waals surface area contributed by atoms with E-state index in [1.165, 1.54) is 0 Å². The van der Waals surface area contributed by atoms with Crippen molar-refractivity contribution in [1.82, 2.24) is 0 Å². The summed E-state index contributed by atoms with van der Waals surface area (Å²) < 4.78 is 0. The summed E-state index contributed by atoms with van der Waals surface area (Å²) in [6.07, 6.45) is 2.67. The van der Waals surface area contributed by atoms with Crippen molar-refractivity contribution in [2.24, 2.45) is 11.3 Å². The van der Waals surface area contributed by atoms with Crippen molar-refractivity contribution >= 4 is 5.78 Å². The molecular formula is C11H20O2. The molecule has 0 saturated heterocycles. The molecule has 1 fully saturated rings. The van der Waals surface area contributed by atoms with Crippen LogP contribution in [0.5, 0.6) is 0 Å². The molecule has 1 N–H and O–H groups in total. The van der Waals surface area contributed by atoms with Crippen LogP contribution in [0.3, 0.4) is 0 Å². The molecule has 2 unspecified atom stereocenters. The van der Waals surface area contributed by atoms with Crippen LogP contribution in [0, 0.1) is 11.3 Å². The number of carbonyl (C=O) groups excluding carboxylic acids is 1. The fourth-order valence-corrected chi connectivity index (χ4v) is 2.12. The average Bonchev–Trinajstić information content (AvgIpc) is 1.94. The van der Waals surface area contributed by atoms with Crippen molar-refractivity contribution in [3.63, 3.8) is 0 Å². The molecule has 2 heteroatoms. The van der Waals surface area contributed by atoms with Gasteiger partial charge >= 0.3 is 0 Å². The molecule has 2 atom stereocenters. The van der Waals surface area contributed by atoms with E-state index in [1.807, 2.05) is 0 Å². The van der Waals surface area contributed by atoms with Crippen LogP contribution < -0.4 is 0 Å². The van der Waals surface area contributed by atoms with Crippen LogP contribution in [-0.4, -0.2) is 17.0 Å². The topological polar surface area (TPSA) is 37.3 Å². The number of hydrogen-bond acceptors (Lipinski definition) is 2. The number of aliphatic hydroxyl groups excluding tert-OH is 1. The molecule has 76 valence electrons. The molecule has 2 nitrogen and oxygen atoms in total. The van der Waals surface area contributed by atoms with Crippen LogP contribution in [0.4, 0.5) is 0 Å². The molecule has 0 heterocycles. The second-order valence-corrected chi connectivity index (χ2v) is 5.39. The highest BCUT2D eigenvalue weighted by Gasteiger charge is 2.29. The summed E-state index contributed by atoms with van der Waals surface area (Å²) in [6.45, 7) is 6.59. The van der Waals surface area contributed by atoms with Crippen LogP contribution in [0.15, 0.2) is 0 Å². The van der Waals surface area contributed by atoms with E-state index < -0.39 is 6.10 Å². The zero-order valence-electron chi connectivity index (χ0n) is 8.84. The molecule has 1 aliphatic rings. The number of aliphatic hydroxyl groups is 1. The quantitative estimate of drug-likeness (QED) is 0.678. The lowest BCUT2D eigenvalue weighted by Crippen LogP contribution is -2.30. The lowest BCUT2D eigenvalue weighted by atomic mass is 9.76. The molecule has 1 rings (SSSR count). The Balaban J connectivity index is 2.42. The van der Waals surface area contributed by atoms with E-state index in [0.717, 1.165) is 12.8 Å². The van der Waals surface area contributed by atoms with Gasteiger partial charge in [-0.05, 0) is 30.6 Å². The second-order valence-electron chi connectivity index (χ2n) is 5.39. The van der Waals surface area contributed by atoms with Crippen molar-refractivity contribution in [3.05, 3.63) is 0 Å². The van der Waals surface area contributed by atoms with Crippen molar-refractivity contribution in [1.29, 1.82) is 0 Å². The molecule has 1 saturated carbocycles. The molecular weight excluding hydrogens is 164 g/mol. The van der Waals surface area contributed by atoms with Gasteiger partial charge in [-0.1, -0.05) is 20.8 Å². The molecule has 0 aromatic carbocycles. The summed E-state index contributed by atoms with van der Waals surface area (Å²) >= 11 is 0. The van der Waals surface area contributed by atoms with Gasteiger partial charge < -0.3 is 5.11 Å². The third-order valence-electron chi connectivity index (χ3n) is 2.61.